The van der Waals surface area contributed by atoms with Gasteiger partial charge in [-0.25, -0.2) is 24.9 Å². The summed E-state index contributed by atoms with van der Waals surface area (Å²) in [5.74, 6) is 2.22. The highest BCUT2D eigenvalue weighted by Gasteiger charge is 2.22. The van der Waals surface area contributed by atoms with Crippen molar-refractivity contribution in [1.82, 2.24) is 29.5 Å². The highest BCUT2D eigenvalue weighted by atomic mass is 15.0. The normalized spacial score (nSPS) is 11.2. The first-order valence-corrected chi connectivity index (χ1v) is 20.7. The molecule has 0 bridgehead atoms. The van der Waals surface area contributed by atoms with Gasteiger partial charge in [0.15, 0.2) is 23.3 Å². The fourth-order valence-corrected chi connectivity index (χ4v) is 8.30. The maximum Gasteiger partial charge on any atom is 0.164 e. The molecule has 0 saturated heterocycles. The van der Waals surface area contributed by atoms with E-state index in [1.807, 2.05) is 121 Å². The van der Waals surface area contributed by atoms with Gasteiger partial charge in [-0.3, -0.25) is 0 Å². The van der Waals surface area contributed by atoms with Gasteiger partial charge in [0.1, 0.15) is 0 Å². The number of nitrogens with zero attached hydrogens (tertiary/aromatic N) is 7. The van der Waals surface area contributed by atoms with Crippen LogP contribution in [0.4, 0.5) is 0 Å². The Balaban J connectivity index is 1.21. The number of benzene rings is 8. The van der Waals surface area contributed by atoms with Gasteiger partial charge in [0.05, 0.1) is 39.7 Å². The predicted molar refractivity (Wildman–Crippen MR) is 253 cm³/mol. The fraction of sp³-hybridized carbons (Fsp3) is 0. The zero-order valence-electron chi connectivity index (χ0n) is 33.8. The average molecular weight is 806 g/mol. The molecule has 8 aromatic carbocycles. The Kier molecular flexibility index (Phi) is 9.41. The van der Waals surface area contributed by atoms with Crippen LogP contribution < -0.4 is 0 Å². The molecule has 63 heavy (non-hydrogen) atoms. The molecule has 0 fully saturated rings. The van der Waals surface area contributed by atoms with E-state index >= 15 is 0 Å². The Labute approximate surface area is 364 Å². The van der Waals surface area contributed by atoms with Crippen LogP contribution >= 0.6 is 0 Å². The lowest BCUT2D eigenvalue weighted by Gasteiger charge is -2.17. The topological polar surface area (TPSA) is 93.2 Å². The molecule has 11 aromatic rings. The number of hydrogen-bond donors (Lipinski definition) is 0. The molecule has 0 spiro atoms. The van der Waals surface area contributed by atoms with Crippen LogP contribution in [-0.4, -0.2) is 29.5 Å². The third kappa shape index (κ3) is 6.98. The van der Waals surface area contributed by atoms with E-state index in [1.165, 1.54) is 0 Å². The van der Waals surface area contributed by atoms with Gasteiger partial charge in [0.2, 0.25) is 0 Å². The first-order valence-electron chi connectivity index (χ1n) is 20.7. The lowest BCUT2D eigenvalue weighted by Crippen LogP contribution is -2.04. The van der Waals surface area contributed by atoms with Crippen molar-refractivity contribution in [3.63, 3.8) is 0 Å². The summed E-state index contributed by atoms with van der Waals surface area (Å²) in [6, 6.07) is 73.9. The molecule has 7 nitrogen and oxygen atoms in total. The Morgan fingerprint density at radius 3 is 1.43 bits per heavy atom. The zero-order chi connectivity index (χ0) is 42.1. The van der Waals surface area contributed by atoms with E-state index in [0.29, 0.717) is 28.9 Å². The minimum atomic E-state index is 0.524. The van der Waals surface area contributed by atoms with Crippen molar-refractivity contribution in [2.75, 3.05) is 0 Å². The molecule has 0 N–H and O–H groups in total. The molecule has 0 unspecified atom stereocenters. The Bertz CT molecular complexity index is 3390. The summed E-state index contributed by atoms with van der Waals surface area (Å²) in [7, 11) is 0. The monoisotopic (exact) mass is 805 g/mol. The molecule has 0 amide bonds. The van der Waals surface area contributed by atoms with Crippen molar-refractivity contribution in [1.29, 1.82) is 5.26 Å². The van der Waals surface area contributed by atoms with Gasteiger partial charge in [0, 0.05) is 44.2 Å². The zero-order valence-corrected chi connectivity index (χ0v) is 33.8. The summed E-state index contributed by atoms with van der Waals surface area (Å²) < 4.78 is 2.29. The van der Waals surface area contributed by atoms with E-state index in [4.69, 9.17) is 24.9 Å². The summed E-state index contributed by atoms with van der Waals surface area (Å²) in [5, 5.41) is 12.3. The average Bonchev–Trinajstić information content (AvgIpc) is 3.70. The SMILES string of the molecule is N#Cc1ccccc1-c1ccc2c3ccccc3n(-c3ccc(-c4nc(-c5ccccc5)nc(-c5ccccc5)n4)cc3-c3nc(-c4ccccc4)cc(-c4ccccc4)n3)c2c1. The van der Waals surface area contributed by atoms with Gasteiger partial charge in [0.25, 0.3) is 0 Å². The third-order valence-corrected chi connectivity index (χ3v) is 11.3. The summed E-state index contributed by atoms with van der Waals surface area (Å²) in [6.07, 6.45) is 0. The summed E-state index contributed by atoms with van der Waals surface area (Å²) in [6.45, 7) is 0. The van der Waals surface area contributed by atoms with Gasteiger partial charge in [-0.05, 0) is 53.6 Å². The molecule has 11 rings (SSSR count). The molecule has 7 heteroatoms. The molecule has 0 aliphatic heterocycles. The van der Waals surface area contributed by atoms with Crippen LogP contribution in [0.3, 0.4) is 0 Å². The Morgan fingerprint density at radius 1 is 0.333 bits per heavy atom. The molecule has 0 saturated carbocycles. The van der Waals surface area contributed by atoms with Crippen LogP contribution in [0.5, 0.6) is 0 Å². The van der Waals surface area contributed by atoms with Crippen LogP contribution in [-0.2, 0) is 0 Å². The van der Waals surface area contributed by atoms with Crippen molar-refractivity contribution in [2.24, 2.45) is 0 Å². The van der Waals surface area contributed by atoms with Crippen LogP contribution in [0.2, 0.25) is 0 Å². The quantitative estimate of drug-likeness (QED) is 0.152. The van der Waals surface area contributed by atoms with Gasteiger partial charge in [-0.1, -0.05) is 170 Å². The fourth-order valence-electron chi connectivity index (χ4n) is 8.30. The van der Waals surface area contributed by atoms with Crippen molar-refractivity contribution in [2.45, 2.75) is 0 Å². The number of aromatic nitrogens is 6. The minimum absolute atomic E-state index is 0.524. The number of para-hydroxylation sites is 1. The second-order valence-corrected chi connectivity index (χ2v) is 15.2. The number of rotatable bonds is 8. The molecule has 3 heterocycles. The van der Waals surface area contributed by atoms with Gasteiger partial charge >= 0.3 is 0 Å². The Morgan fingerprint density at radius 2 is 0.825 bits per heavy atom. The molecular formula is C56H35N7. The lowest BCUT2D eigenvalue weighted by molar-refractivity contribution is 1.07. The second kappa shape index (κ2) is 16.0. The maximum absolute atomic E-state index is 10.1. The smallest absolute Gasteiger partial charge is 0.164 e. The van der Waals surface area contributed by atoms with Gasteiger partial charge in [-0.2, -0.15) is 5.26 Å². The van der Waals surface area contributed by atoms with Crippen molar-refractivity contribution in [3.05, 3.63) is 218 Å². The highest BCUT2D eigenvalue weighted by molar-refractivity contribution is 6.11. The molecule has 0 aliphatic carbocycles. The van der Waals surface area contributed by atoms with Gasteiger partial charge in [-0.15, -0.1) is 0 Å². The number of fused-ring (bicyclic) bond motifs is 3. The van der Waals surface area contributed by atoms with E-state index in [0.717, 1.165) is 83.4 Å². The van der Waals surface area contributed by atoms with Crippen LogP contribution in [0.1, 0.15) is 5.56 Å². The third-order valence-electron chi connectivity index (χ3n) is 11.3. The lowest BCUT2D eigenvalue weighted by atomic mass is 9.99. The van der Waals surface area contributed by atoms with E-state index < -0.39 is 0 Å². The molecule has 0 radical (unpaired) electrons. The van der Waals surface area contributed by atoms with Crippen molar-refractivity contribution in [3.8, 4) is 90.9 Å². The summed E-state index contributed by atoms with van der Waals surface area (Å²) >= 11 is 0. The first kappa shape index (κ1) is 37.2. The van der Waals surface area contributed by atoms with Crippen LogP contribution in [0.15, 0.2) is 212 Å². The Hall–Kier alpha value is -8.86. The van der Waals surface area contributed by atoms with E-state index in [2.05, 4.69) is 102 Å². The molecule has 3 aromatic heterocycles. The number of nitriles is 1. The van der Waals surface area contributed by atoms with E-state index in [9.17, 15) is 5.26 Å². The molecule has 0 aliphatic rings. The largest absolute Gasteiger partial charge is 0.308 e. The van der Waals surface area contributed by atoms with Crippen molar-refractivity contribution < 1.29 is 0 Å². The van der Waals surface area contributed by atoms with Crippen LogP contribution in [0, 0.1) is 11.3 Å². The van der Waals surface area contributed by atoms with Gasteiger partial charge < -0.3 is 4.57 Å². The first-order chi connectivity index (χ1) is 31.2. The van der Waals surface area contributed by atoms with E-state index in [1.54, 1.807) is 0 Å². The summed E-state index contributed by atoms with van der Waals surface area (Å²) in [5.41, 5.74) is 12.2. The standard InChI is InChI=1S/C56H35N7/c57-36-43-25-13-14-26-44(43)41-29-31-46-45-27-15-16-28-50(45)63(52(46)34-41)51-32-30-42(55-61-53(39-21-9-3-10-22-39)60-54(62-55)40-23-11-4-12-24-40)33-47(51)56-58-48(37-17-5-1-6-18-37)35-49(59-56)38-19-7-2-8-20-38/h1-35H. The molecule has 294 valence electrons. The molecule has 0 atom stereocenters. The predicted octanol–water partition coefficient (Wildman–Crippen LogP) is 13.3. The van der Waals surface area contributed by atoms with E-state index in [-0.39, 0.29) is 0 Å². The van der Waals surface area contributed by atoms with Crippen molar-refractivity contribution >= 4 is 21.8 Å². The highest BCUT2D eigenvalue weighted by Crippen LogP contribution is 2.40. The number of hydrogen-bond acceptors (Lipinski definition) is 6. The second-order valence-electron chi connectivity index (χ2n) is 15.2. The van der Waals surface area contributed by atoms with Crippen LogP contribution in [0.25, 0.3) is 107 Å². The summed E-state index contributed by atoms with van der Waals surface area (Å²) in [4.78, 5) is 26.0. The maximum atomic E-state index is 10.1. The minimum Gasteiger partial charge on any atom is -0.308 e. The molecular weight excluding hydrogens is 771 g/mol.